The van der Waals surface area contributed by atoms with E-state index in [1.54, 1.807) is 30.2 Å². The van der Waals surface area contributed by atoms with E-state index in [4.69, 9.17) is 21.1 Å². The molecule has 1 fully saturated rings. The van der Waals surface area contributed by atoms with Crippen molar-refractivity contribution >= 4 is 29.1 Å². The predicted molar refractivity (Wildman–Crippen MR) is 129 cm³/mol. The third kappa shape index (κ3) is 2.81. The molecule has 4 atom stereocenters. The van der Waals surface area contributed by atoms with Gasteiger partial charge >= 0.3 is 0 Å². The maximum Gasteiger partial charge on any atom is 0.257 e. The molecule has 172 valence electrons. The number of ether oxygens (including phenoxy) is 2. The number of nitrogens with one attached hydrogen (secondary N) is 1. The summed E-state index contributed by atoms with van der Waals surface area (Å²) >= 11 is 6.21. The molecule has 2 amide bonds. The minimum absolute atomic E-state index is 0.129. The first-order valence-corrected chi connectivity index (χ1v) is 11.6. The van der Waals surface area contributed by atoms with Crippen LogP contribution in [-0.2, 0) is 4.79 Å². The Kier molecular flexibility index (Phi) is 4.64. The summed E-state index contributed by atoms with van der Waals surface area (Å²) in [5.74, 6) is 0.507. The molecule has 0 radical (unpaired) electrons. The number of hydrogen-bond donors (Lipinski definition) is 1. The van der Waals surface area contributed by atoms with E-state index in [9.17, 15) is 9.59 Å². The van der Waals surface area contributed by atoms with Crippen LogP contribution in [0.25, 0.3) is 0 Å². The monoisotopic (exact) mass is 474 g/mol. The quantitative estimate of drug-likeness (QED) is 0.564. The standard InChI is InChI=1S/C27H23ClN2O4/c1-27-23(15-6-4-3-5-7-15)20-14-34-22-11-9-17(33-2)13-19(22)24(20)30(27)25(31)18-10-8-16(28)12-21(18)29-26(27)32/h3-13,20,23-24H,14H2,1-2H3,(H,29,32)/t20?,23?,24?,27-/m1/s1. The molecule has 3 aromatic rings. The molecule has 34 heavy (non-hydrogen) atoms. The van der Waals surface area contributed by atoms with Gasteiger partial charge in [-0.25, -0.2) is 0 Å². The normalized spacial score (nSPS) is 26.9. The van der Waals surface area contributed by atoms with Crippen LogP contribution < -0.4 is 14.8 Å². The largest absolute Gasteiger partial charge is 0.497 e. The van der Waals surface area contributed by atoms with E-state index < -0.39 is 5.54 Å². The van der Waals surface area contributed by atoms with E-state index >= 15 is 0 Å². The molecule has 6 rings (SSSR count). The fourth-order valence-electron chi connectivity index (χ4n) is 5.99. The van der Waals surface area contributed by atoms with Crippen LogP contribution in [0.1, 0.15) is 40.4 Å². The maximum absolute atomic E-state index is 14.2. The minimum atomic E-state index is -1.16. The molecule has 3 aliphatic rings. The lowest BCUT2D eigenvalue weighted by Crippen LogP contribution is -2.54. The summed E-state index contributed by atoms with van der Waals surface area (Å²) in [5.41, 5.74) is 1.53. The number of amides is 2. The molecule has 3 aromatic carbocycles. The van der Waals surface area contributed by atoms with E-state index in [1.165, 1.54) is 0 Å². The summed E-state index contributed by atoms with van der Waals surface area (Å²) < 4.78 is 11.7. The Hall–Kier alpha value is -3.51. The highest BCUT2D eigenvalue weighted by molar-refractivity contribution is 6.31. The van der Waals surface area contributed by atoms with E-state index in [0.29, 0.717) is 34.4 Å². The van der Waals surface area contributed by atoms with E-state index in [-0.39, 0.29) is 29.7 Å². The Labute approximate surface area is 202 Å². The maximum atomic E-state index is 14.2. The number of benzene rings is 3. The average molecular weight is 475 g/mol. The Morgan fingerprint density at radius 3 is 2.65 bits per heavy atom. The summed E-state index contributed by atoms with van der Waals surface area (Å²) in [6, 6.07) is 20.2. The van der Waals surface area contributed by atoms with Crippen molar-refractivity contribution in [1.29, 1.82) is 0 Å². The van der Waals surface area contributed by atoms with Gasteiger partial charge in [0.2, 0.25) is 0 Å². The van der Waals surface area contributed by atoms with Gasteiger partial charge < -0.3 is 19.7 Å². The molecule has 3 heterocycles. The molecule has 0 saturated carbocycles. The lowest BCUT2D eigenvalue weighted by Gasteiger charge is -2.38. The zero-order valence-electron chi connectivity index (χ0n) is 18.7. The van der Waals surface area contributed by atoms with Crippen LogP contribution in [-0.4, -0.2) is 36.0 Å². The molecule has 6 nitrogen and oxygen atoms in total. The summed E-state index contributed by atoms with van der Waals surface area (Å²) in [6.45, 7) is 2.26. The number of fused-ring (bicyclic) bond motifs is 6. The number of methoxy groups -OCH3 is 1. The molecule has 0 spiro atoms. The zero-order valence-corrected chi connectivity index (χ0v) is 19.5. The van der Waals surface area contributed by atoms with Crippen molar-refractivity contribution in [2.24, 2.45) is 5.92 Å². The summed E-state index contributed by atoms with van der Waals surface area (Å²) in [6.07, 6.45) is 0. The Morgan fingerprint density at radius 2 is 1.88 bits per heavy atom. The summed E-state index contributed by atoms with van der Waals surface area (Å²) in [7, 11) is 1.61. The lowest BCUT2D eigenvalue weighted by atomic mass is 9.73. The topological polar surface area (TPSA) is 67.9 Å². The number of hydrogen-bond acceptors (Lipinski definition) is 4. The van der Waals surface area contributed by atoms with Crippen molar-refractivity contribution in [1.82, 2.24) is 4.90 Å². The van der Waals surface area contributed by atoms with Crippen molar-refractivity contribution in [3.8, 4) is 11.5 Å². The van der Waals surface area contributed by atoms with Gasteiger partial charge in [-0.3, -0.25) is 9.59 Å². The highest BCUT2D eigenvalue weighted by atomic mass is 35.5. The predicted octanol–water partition coefficient (Wildman–Crippen LogP) is 5.05. The van der Waals surface area contributed by atoms with Gasteiger partial charge in [0.25, 0.3) is 11.8 Å². The van der Waals surface area contributed by atoms with Crippen molar-refractivity contribution in [3.63, 3.8) is 0 Å². The second-order valence-electron chi connectivity index (χ2n) is 9.18. The van der Waals surface area contributed by atoms with Crippen LogP contribution in [0.5, 0.6) is 11.5 Å². The highest BCUT2D eigenvalue weighted by Gasteiger charge is 2.65. The first kappa shape index (κ1) is 21.1. The average Bonchev–Trinajstić information content (AvgIpc) is 3.09. The van der Waals surface area contributed by atoms with Gasteiger partial charge in [0.05, 0.1) is 31.0 Å². The molecule has 0 bridgehead atoms. The molecular formula is C27H23ClN2O4. The third-order valence-corrected chi connectivity index (χ3v) is 7.72. The number of rotatable bonds is 2. The van der Waals surface area contributed by atoms with Gasteiger partial charge in [0.1, 0.15) is 17.0 Å². The van der Waals surface area contributed by atoms with Crippen LogP contribution in [0.2, 0.25) is 5.02 Å². The fraction of sp³-hybridized carbons (Fsp3) is 0.259. The summed E-state index contributed by atoms with van der Waals surface area (Å²) in [4.78, 5) is 29.9. The number of carbonyl (C=O) groups is 2. The lowest BCUT2D eigenvalue weighted by molar-refractivity contribution is -0.125. The van der Waals surface area contributed by atoms with Crippen LogP contribution in [0, 0.1) is 5.92 Å². The Bertz CT molecular complexity index is 1330. The number of carbonyl (C=O) groups excluding carboxylic acids is 2. The fourth-order valence-corrected chi connectivity index (χ4v) is 6.17. The minimum Gasteiger partial charge on any atom is -0.497 e. The smallest absolute Gasteiger partial charge is 0.257 e. The van der Waals surface area contributed by atoms with Gasteiger partial charge in [-0.15, -0.1) is 0 Å². The van der Waals surface area contributed by atoms with Crippen LogP contribution in [0.3, 0.4) is 0 Å². The van der Waals surface area contributed by atoms with E-state index in [2.05, 4.69) is 5.32 Å². The van der Waals surface area contributed by atoms with Gasteiger partial charge in [0.15, 0.2) is 0 Å². The van der Waals surface area contributed by atoms with Crippen molar-refractivity contribution in [2.45, 2.75) is 24.4 Å². The third-order valence-electron chi connectivity index (χ3n) is 7.48. The molecular weight excluding hydrogens is 452 g/mol. The molecule has 0 aromatic heterocycles. The van der Waals surface area contributed by atoms with Crippen molar-refractivity contribution < 1.29 is 19.1 Å². The van der Waals surface area contributed by atoms with Gasteiger partial charge in [-0.05, 0) is 48.9 Å². The van der Waals surface area contributed by atoms with E-state index in [1.807, 2.05) is 55.5 Å². The molecule has 3 unspecified atom stereocenters. The molecule has 0 aliphatic carbocycles. The molecule has 3 aliphatic heterocycles. The first-order valence-electron chi connectivity index (χ1n) is 11.2. The van der Waals surface area contributed by atoms with Gasteiger partial charge in [-0.2, -0.15) is 0 Å². The molecule has 1 saturated heterocycles. The van der Waals surface area contributed by atoms with Crippen molar-refractivity contribution in [2.75, 3.05) is 19.0 Å². The second-order valence-corrected chi connectivity index (χ2v) is 9.61. The second kappa shape index (κ2) is 7.50. The SMILES string of the molecule is COc1ccc2c(c1)C1C(CO2)C(c2ccccc2)[C@]2(C)C(=O)Nc3cc(Cl)ccc3C(=O)N12. The zero-order chi connectivity index (χ0) is 23.6. The van der Waals surface area contributed by atoms with Crippen molar-refractivity contribution in [3.05, 3.63) is 88.4 Å². The Balaban J connectivity index is 1.62. The first-order chi connectivity index (χ1) is 16.4. The highest BCUT2D eigenvalue weighted by Crippen LogP contribution is 2.60. The summed E-state index contributed by atoms with van der Waals surface area (Å²) in [5, 5.41) is 3.47. The van der Waals surface area contributed by atoms with Crippen LogP contribution >= 0.6 is 11.6 Å². The van der Waals surface area contributed by atoms with Gasteiger partial charge in [0, 0.05) is 22.4 Å². The number of halogens is 1. The number of nitrogens with zero attached hydrogens (tertiary/aromatic N) is 1. The Morgan fingerprint density at radius 1 is 1.09 bits per heavy atom. The molecule has 1 N–H and O–H groups in total. The number of anilines is 1. The molecule has 7 heteroatoms. The van der Waals surface area contributed by atoms with Crippen LogP contribution in [0.15, 0.2) is 66.7 Å². The van der Waals surface area contributed by atoms with E-state index in [0.717, 1.165) is 11.1 Å². The van der Waals surface area contributed by atoms with Crippen LogP contribution in [0.4, 0.5) is 5.69 Å². The van der Waals surface area contributed by atoms with Gasteiger partial charge in [-0.1, -0.05) is 41.9 Å².